The van der Waals surface area contributed by atoms with E-state index in [1.165, 1.54) is 0 Å². The summed E-state index contributed by atoms with van der Waals surface area (Å²) >= 11 is 4.88. The molecule has 0 saturated carbocycles. The van der Waals surface area contributed by atoms with Crippen molar-refractivity contribution in [3.63, 3.8) is 0 Å². The highest BCUT2D eigenvalue weighted by atomic mass is 79.9. The van der Waals surface area contributed by atoms with Gasteiger partial charge in [-0.25, -0.2) is 4.39 Å². The first-order valence-corrected chi connectivity index (χ1v) is 5.73. The molecule has 13 heavy (non-hydrogen) atoms. The minimum absolute atomic E-state index is 0.192. The molecule has 0 fully saturated rings. The zero-order valence-corrected chi connectivity index (χ0v) is 9.51. The van der Waals surface area contributed by atoms with Crippen LogP contribution in [-0.4, -0.2) is 11.8 Å². The van der Waals surface area contributed by atoms with Crippen LogP contribution in [-0.2, 0) is 0 Å². The summed E-state index contributed by atoms with van der Waals surface area (Å²) in [6, 6.07) is 3.37. The largest absolute Gasteiger partial charge is 0.383 e. The molecule has 0 amide bonds. The van der Waals surface area contributed by atoms with E-state index in [-0.39, 0.29) is 5.82 Å². The molecule has 1 aliphatic rings. The molecule has 0 saturated heterocycles. The molecule has 1 unspecified atom stereocenters. The molecule has 0 radical (unpaired) electrons. The van der Waals surface area contributed by atoms with E-state index in [9.17, 15) is 4.39 Å². The molecule has 70 valence electrons. The van der Waals surface area contributed by atoms with E-state index in [4.69, 9.17) is 0 Å². The van der Waals surface area contributed by atoms with Crippen molar-refractivity contribution < 1.29 is 4.39 Å². The minimum atomic E-state index is -0.192. The Morgan fingerprint density at radius 3 is 3.15 bits per heavy atom. The summed E-state index contributed by atoms with van der Waals surface area (Å²) in [6.07, 6.45) is 0. The van der Waals surface area contributed by atoms with Crippen LogP contribution >= 0.6 is 27.7 Å². The third kappa shape index (κ3) is 1.83. The summed E-state index contributed by atoms with van der Waals surface area (Å²) in [6.45, 7) is 3.07. The SMILES string of the molecule is CC1CNc2cc(Br)c(F)cc2S1. The van der Waals surface area contributed by atoms with Gasteiger partial charge < -0.3 is 5.32 Å². The first-order chi connectivity index (χ1) is 6.16. The molecule has 0 bridgehead atoms. The van der Waals surface area contributed by atoms with Crippen molar-refractivity contribution >= 4 is 33.4 Å². The van der Waals surface area contributed by atoms with Crippen molar-refractivity contribution in [2.24, 2.45) is 0 Å². The highest BCUT2D eigenvalue weighted by Crippen LogP contribution is 2.37. The summed E-state index contributed by atoms with van der Waals surface area (Å²) in [5.41, 5.74) is 1.02. The summed E-state index contributed by atoms with van der Waals surface area (Å²) < 4.78 is 13.7. The number of hydrogen-bond donors (Lipinski definition) is 1. The molecule has 1 aromatic carbocycles. The van der Waals surface area contributed by atoms with E-state index < -0.39 is 0 Å². The predicted molar refractivity (Wildman–Crippen MR) is 57.9 cm³/mol. The Balaban J connectivity index is 2.43. The number of nitrogens with one attached hydrogen (secondary N) is 1. The highest BCUT2D eigenvalue weighted by Gasteiger charge is 2.16. The first kappa shape index (κ1) is 9.34. The van der Waals surface area contributed by atoms with Crippen LogP contribution in [0.15, 0.2) is 21.5 Å². The number of fused-ring (bicyclic) bond motifs is 1. The van der Waals surface area contributed by atoms with E-state index >= 15 is 0 Å². The van der Waals surface area contributed by atoms with Crippen LogP contribution in [0.5, 0.6) is 0 Å². The fourth-order valence-electron chi connectivity index (χ4n) is 1.28. The maximum Gasteiger partial charge on any atom is 0.138 e. The Morgan fingerprint density at radius 1 is 1.62 bits per heavy atom. The van der Waals surface area contributed by atoms with Gasteiger partial charge in [0.25, 0.3) is 0 Å². The van der Waals surface area contributed by atoms with Gasteiger partial charge in [0.05, 0.1) is 4.47 Å². The Bertz CT molecular complexity index is 343. The lowest BCUT2D eigenvalue weighted by atomic mass is 10.3. The lowest BCUT2D eigenvalue weighted by Crippen LogP contribution is -2.18. The Kier molecular flexibility index (Phi) is 2.51. The molecule has 1 atom stereocenters. The first-order valence-electron chi connectivity index (χ1n) is 4.06. The van der Waals surface area contributed by atoms with Gasteiger partial charge in [-0.15, -0.1) is 11.8 Å². The molecule has 1 nitrogen and oxygen atoms in total. The summed E-state index contributed by atoms with van der Waals surface area (Å²) in [7, 11) is 0. The van der Waals surface area contributed by atoms with Crippen LogP contribution < -0.4 is 5.32 Å². The Morgan fingerprint density at radius 2 is 2.38 bits per heavy atom. The third-order valence-electron chi connectivity index (χ3n) is 1.93. The number of thioether (sulfide) groups is 1. The average molecular weight is 262 g/mol. The third-order valence-corrected chi connectivity index (χ3v) is 3.70. The van der Waals surface area contributed by atoms with Gasteiger partial charge >= 0.3 is 0 Å². The Hall–Kier alpha value is -0.220. The standard InChI is InChI=1S/C9H9BrFNS/c1-5-4-12-8-2-6(10)7(11)3-9(8)13-5/h2-3,5,12H,4H2,1H3. The number of benzene rings is 1. The zero-order chi connectivity index (χ0) is 9.42. The van der Waals surface area contributed by atoms with Crippen LogP contribution in [0.4, 0.5) is 10.1 Å². The second kappa shape index (κ2) is 3.50. The molecule has 0 aliphatic carbocycles. The number of hydrogen-bond acceptors (Lipinski definition) is 2. The molecular weight excluding hydrogens is 253 g/mol. The van der Waals surface area contributed by atoms with E-state index in [0.29, 0.717) is 9.72 Å². The number of rotatable bonds is 0. The predicted octanol–water partition coefficient (Wildman–Crippen LogP) is 3.49. The highest BCUT2D eigenvalue weighted by molar-refractivity contribution is 9.10. The van der Waals surface area contributed by atoms with E-state index in [2.05, 4.69) is 28.2 Å². The molecule has 1 aliphatic heterocycles. The summed E-state index contributed by atoms with van der Waals surface area (Å²) in [4.78, 5) is 0.999. The van der Waals surface area contributed by atoms with Crippen molar-refractivity contribution in [3.05, 3.63) is 22.4 Å². The van der Waals surface area contributed by atoms with Crippen LogP contribution in [0.3, 0.4) is 0 Å². The minimum Gasteiger partial charge on any atom is -0.383 e. The van der Waals surface area contributed by atoms with Crippen molar-refractivity contribution in [1.29, 1.82) is 0 Å². The smallest absolute Gasteiger partial charge is 0.138 e. The van der Waals surface area contributed by atoms with Crippen molar-refractivity contribution in [2.45, 2.75) is 17.1 Å². The van der Waals surface area contributed by atoms with Crippen LogP contribution in [0.2, 0.25) is 0 Å². The molecule has 1 N–H and O–H groups in total. The number of anilines is 1. The lowest BCUT2D eigenvalue weighted by molar-refractivity contribution is 0.617. The second-order valence-electron chi connectivity index (χ2n) is 3.07. The maximum atomic E-state index is 13.1. The topological polar surface area (TPSA) is 12.0 Å². The van der Waals surface area contributed by atoms with Crippen LogP contribution in [0, 0.1) is 5.82 Å². The van der Waals surface area contributed by atoms with Gasteiger partial charge in [-0.05, 0) is 28.1 Å². The molecule has 0 aromatic heterocycles. The van der Waals surface area contributed by atoms with E-state index in [0.717, 1.165) is 17.1 Å². The summed E-state index contributed by atoms with van der Waals surface area (Å²) in [5, 5.41) is 3.77. The van der Waals surface area contributed by atoms with Gasteiger partial charge in [0.1, 0.15) is 5.82 Å². The second-order valence-corrected chi connectivity index (χ2v) is 5.41. The maximum absolute atomic E-state index is 13.1. The molecule has 0 spiro atoms. The normalized spacial score (nSPS) is 20.7. The fraction of sp³-hybridized carbons (Fsp3) is 0.333. The number of halogens is 2. The molecule has 4 heteroatoms. The molecule has 1 heterocycles. The average Bonchev–Trinajstić information content (AvgIpc) is 2.08. The quantitative estimate of drug-likeness (QED) is 0.768. The van der Waals surface area contributed by atoms with Crippen molar-refractivity contribution in [2.75, 3.05) is 11.9 Å². The van der Waals surface area contributed by atoms with Gasteiger partial charge in [0, 0.05) is 22.4 Å². The Labute approximate surface area is 89.2 Å². The van der Waals surface area contributed by atoms with Crippen molar-refractivity contribution in [3.8, 4) is 0 Å². The van der Waals surface area contributed by atoms with E-state index in [1.807, 2.05) is 0 Å². The zero-order valence-electron chi connectivity index (χ0n) is 7.10. The van der Waals surface area contributed by atoms with Crippen LogP contribution in [0.25, 0.3) is 0 Å². The van der Waals surface area contributed by atoms with Crippen molar-refractivity contribution in [1.82, 2.24) is 0 Å². The lowest BCUT2D eigenvalue weighted by Gasteiger charge is -2.22. The van der Waals surface area contributed by atoms with E-state index in [1.54, 1.807) is 23.9 Å². The monoisotopic (exact) mass is 261 g/mol. The molecule has 2 rings (SSSR count). The van der Waals surface area contributed by atoms with Gasteiger partial charge in [-0.3, -0.25) is 0 Å². The van der Waals surface area contributed by atoms with Gasteiger partial charge in [0.2, 0.25) is 0 Å². The molecule has 1 aromatic rings. The fourth-order valence-corrected chi connectivity index (χ4v) is 2.65. The molecular formula is C9H9BrFNS. The van der Waals surface area contributed by atoms with Gasteiger partial charge in [0.15, 0.2) is 0 Å². The summed E-state index contributed by atoms with van der Waals surface area (Å²) in [5.74, 6) is -0.192. The van der Waals surface area contributed by atoms with Gasteiger partial charge in [-0.2, -0.15) is 0 Å². The van der Waals surface area contributed by atoms with Gasteiger partial charge in [-0.1, -0.05) is 6.92 Å². The van der Waals surface area contributed by atoms with Crippen LogP contribution in [0.1, 0.15) is 6.92 Å².